The molecule has 0 aliphatic carbocycles. The minimum Gasteiger partial charge on any atom is -0.508 e. The molecule has 2 N–H and O–H groups in total. The van der Waals surface area contributed by atoms with Gasteiger partial charge < -0.3 is 15.0 Å². The van der Waals surface area contributed by atoms with E-state index in [1.54, 1.807) is 12.1 Å². The molecule has 1 unspecified atom stereocenters. The van der Waals surface area contributed by atoms with Crippen molar-refractivity contribution in [3.63, 3.8) is 0 Å². The molecule has 2 aliphatic rings. The van der Waals surface area contributed by atoms with Crippen LogP contribution in [0, 0.1) is 5.92 Å². The van der Waals surface area contributed by atoms with E-state index in [2.05, 4.69) is 36.0 Å². The van der Waals surface area contributed by atoms with Crippen molar-refractivity contribution in [1.29, 1.82) is 0 Å². The second-order valence-corrected chi connectivity index (χ2v) is 9.11. The Morgan fingerprint density at radius 2 is 1.94 bits per heavy atom. The van der Waals surface area contributed by atoms with Crippen molar-refractivity contribution in [2.45, 2.75) is 39.7 Å². The number of phenolic OH excluding ortho intramolecular Hbond substituents is 1. The number of carbonyl (C=O) groups is 2. The van der Waals surface area contributed by atoms with Gasteiger partial charge in [0, 0.05) is 42.4 Å². The number of anilines is 1. The number of rotatable bonds is 4. The number of amides is 2. The maximum Gasteiger partial charge on any atom is 0.259 e. The molecule has 0 radical (unpaired) electrons. The lowest BCUT2D eigenvalue weighted by atomic mass is 9.84. The summed E-state index contributed by atoms with van der Waals surface area (Å²) in [6.45, 7) is 6.99. The zero-order valence-electron chi connectivity index (χ0n) is 18.6. The highest BCUT2D eigenvalue weighted by atomic mass is 16.3. The molecule has 0 bridgehead atoms. The molecule has 2 aliphatic heterocycles. The van der Waals surface area contributed by atoms with Crippen LogP contribution in [-0.4, -0.2) is 32.9 Å². The van der Waals surface area contributed by atoms with Crippen LogP contribution in [0.25, 0.3) is 10.9 Å². The molecular weight excluding hydrogens is 402 g/mol. The Morgan fingerprint density at radius 3 is 2.62 bits per heavy atom. The SMILES string of the molecule is CC(=O)N1CC2=C(C1=O)C(c1ccc(O)cc1)c1cn(CCC(C)C)c3cccc(c13)N2. The zero-order valence-corrected chi connectivity index (χ0v) is 18.6. The monoisotopic (exact) mass is 429 g/mol. The van der Waals surface area contributed by atoms with Gasteiger partial charge in [-0.3, -0.25) is 14.5 Å². The molecule has 32 heavy (non-hydrogen) atoms. The molecule has 2 amide bonds. The van der Waals surface area contributed by atoms with Gasteiger partial charge in [-0.05, 0) is 47.7 Å². The van der Waals surface area contributed by atoms with Gasteiger partial charge >= 0.3 is 0 Å². The lowest BCUT2D eigenvalue weighted by Crippen LogP contribution is -2.33. The lowest BCUT2D eigenvalue weighted by molar-refractivity contribution is -0.139. The number of imide groups is 1. The summed E-state index contributed by atoms with van der Waals surface area (Å²) in [5.74, 6) is -0.0941. The van der Waals surface area contributed by atoms with Gasteiger partial charge in [-0.2, -0.15) is 0 Å². The molecule has 0 spiro atoms. The van der Waals surface area contributed by atoms with E-state index in [4.69, 9.17) is 0 Å². The van der Waals surface area contributed by atoms with Crippen molar-refractivity contribution in [1.82, 2.24) is 9.47 Å². The number of nitrogens with zero attached hydrogens (tertiary/aromatic N) is 2. The first-order valence-electron chi connectivity index (χ1n) is 11.1. The highest BCUT2D eigenvalue weighted by Gasteiger charge is 2.41. The van der Waals surface area contributed by atoms with Crippen molar-refractivity contribution < 1.29 is 14.7 Å². The van der Waals surface area contributed by atoms with E-state index in [9.17, 15) is 14.7 Å². The van der Waals surface area contributed by atoms with Crippen LogP contribution in [-0.2, 0) is 16.1 Å². The van der Waals surface area contributed by atoms with E-state index in [1.807, 2.05) is 24.3 Å². The number of hydrogen-bond donors (Lipinski definition) is 2. The maximum atomic E-state index is 13.4. The molecule has 6 heteroatoms. The van der Waals surface area contributed by atoms with Gasteiger partial charge in [0.25, 0.3) is 5.91 Å². The van der Waals surface area contributed by atoms with Crippen molar-refractivity contribution in [3.8, 4) is 5.75 Å². The number of aromatic hydroxyl groups is 1. The van der Waals surface area contributed by atoms with Gasteiger partial charge in [0.1, 0.15) is 5.75 Å². The molecule has 3 heterocycles. The first-order chi connectivity index (χ1) is 15.3. The van der Waals surface area contributed by atoms with Gasteiger partial charge in [-0.25, -0.2) is 0 Å². The molecule has 5 rings (SSSR count). The molecule has 164 valence electrons. The molecular formula is C26H27N3O3. The van der Waals surface area contributed by atoms with E-state index in [0.717, 1.165) is 46.4 Å². The summed E-state index contributed by atoms with van der Waals surface area (Å²) in [7, 11) is 0. The van der Waals surface area contributed by atoms with Crippen LogP contribution in [0.4, 0.5) is 5.69 Å². The first kappa shape index (κ1) is 20.4. The van der Waals surface area contributed by atoms with Crippen LogP contribution in [0.3, 0.4) is 0 Å². The summed E-state index contributed by atoms with van der Waals surface area (Å²) in [5, 5.41) is 14.4. The fourth-order valence-electron chi connectivity index (χ4n) is 4.87. The molecule has 1 aromatic heterocycles. The maximum absolute atomic E-state index is 13.4. The second-order valence-electron chi connectivity index (χ2n) is 9.11. The smallest absolute Gasteiger partial charge is 0.259 e. The Hall–Kier alpha value is -3.54. The van der Waals surface area contributed by atoms with Gasteiger partial charge in [0.2, 0.25) is 5.91 Å². The minimum atomic E-state index is -0.332. The van der Waals surface area contributed by atoms with Gasteiger partial charge in [0.15, 0.2) is 0 Å². The van der Waals surface area contributed by atoms with E-state index in [0.29, 0.717) is 11.5 Å². The molecule has 0 saturated carbocycles. The number of benzene rings is 2. The molecule has 3 aromatic rings. The normalized spacial score (nSPS) is 17.7. The summed E-state index contributed by atoms with van der Waals surface area (Å²) in [4.78, 5) is 26.9. The number of nitrogens with one attached hydrogen (secondary N) is 1. The number of aryl methyl sites for hydroxylation is 1. The largest absolute Gasteiger partial charge is 0.508 e. The van der Waals surface area contributed by atoms with E-state index < -0.39 is 0 Å². The number of carbonyl (C=O) groups excluding carboxylic acids is 2. The number of phenols is 1. The zero-order chi connectivity index (χ0) is 22.6. The van der Waals surface area contributed by atoms with Gasteiger partial charge in [-0.15, -0.1) is 0 Å². The summed E-state index contributed by atoms with van der Waals surface area (Å²) in [5.41, 5.74) is 5.40. The Labute approximate surface area is 187 Å². The Balaban J connectivity index is 1.75. The highest BCUT2D eigenvalue weighted by molar-refractivity contribution is 6.11. The summed E-state index contributed by atoms with van der Waals surface area (Å²) in [6.07, 6.45) is 3.21. The van der Waals surface area contributed by atoms with Crippen LogP contribution < -0.4 is 5.32 Å². The van der Waals surface area contributed by atoms with Crippen LogP contribution in [0.15, 0.2) is 59.9 Å². The van der Waals surface area contributed by atoms with E-state index in [-0.39, 0.29) is 30.0 Å². The fourth-order valence-corrected chi connectivity index (χ4v) is 4.87. The third kappa shape index (κ3) is 3.18. The molecule has 6 nitrogen and oxygen atoms in total. The van der Waals surface area contributed by atoms with Crippen LogP contribution in [0.5, 0.6) is 5.75 Å². The Kier molecular flexibility index (Phi) is 4.81. The summed E-state index contributed by atoms with van der Waals surface area (Å²) < 4.78 is 2.27. The molecule has 0 fully saturated rings. The third-order valence-corrected chi connectivity index (χ3v) is 6.49. The van der Waals surface area contributed by atoms with Crippen molar-refractivity contribution >= 4 is 28.4 Å². The average Bonchev–Trinajstić information content (AvgIpc) is 3.23. The average molecular weight is 430 g/mol. The summed E-state index contributed by atoms with van der Waals surface area (Å²) in [6, 6.07) is 13.2. The molecule has 0 saturated heterocycles. The third-order valence-electron chi connectivity index (χ3n) is 6.49. The molecule has 1 atom stereocenters. The number of hydrogen-bond acceptors (Lipinski definition) is 4. The number of aromatic nitrogens is 1. The van der Waals surface area contributed by atoms with Crippen LogP contribution >= 0.6 is 0 Å². The van der Waals surface area contributed by atoms with Crippen molar-refractivity contribution in [3.05, 3.63) is 71.1 Å². The summed E-state index contributed by atoms with van der Waals surface area (Å²) >= 11 is 0. The van der Waals surface area contributed by atoms with Gasteiger partial charge in [0.05, 0.1) is 17.6 Å². The quantitative estimate of drug-likeness (QED) is 0.636. The Bertz CT molecular complexity index is 1270. The second kappa shape index (κ2) is 7.55. The van der Waals surface area contributed by atoms with Crippen molar-refractivity contribution in [2.75, 3.05) is 11.9 Å². The molecule has 2 aromatic carbocycles. The predicted molar refractivity (Wildman–Crippen MR) is 124 cm³/mol. The van der Waals surface area contributed by atoms with E-state index in [1.165, 1.54) is 11.8 Å². The van der Waals surface area contributed by atoms with Gasteiger partial charge in [-0.1, -0.05) is 32.0 Å². The van der Waals surface area contributed by atoms with Crippen LogP contribution in [0.1, 0.15) is 44.2 Å². The minimum absolute atomic E-state index is 0.179. The standard InChI is InChI=1S/C26H27N3O3/c1-15(2)11-12-28-13-19-23(17-7-9-18(31)10-8-17)25-21(14-29(16(3)30)26(25)32)27-20-5-4-6-22(28)24(19)20/h4-10,13,15,23,27,31H,11-12,14H2,1-3H3. The topological polar surface area (TPSA) is 74.6 Å². The van der Waals surface area contributed by atoms with Crippen LogP contribution in [0.2, 0.25) is 0 Å². The predicted octanol–water partition coefficient (Wildman–Crippen LogP) is 4.59. The first-order valence-corrected chi connectivity index (χ1v) is 11.1. The lowest BCUT2D eigenvalue weighted by Gasteiger charge is -2.19. The fraction of sp³-hybridized carbons (Fsp3) is 0.308. The highest BCUT2D eigenvalue weighted by Crippen LogP contribution is 2.46. The van der Waals surface area contributed by atoms with E-state index >= 15 is 0 Å². The Morgan fingerprint density at radius 1 is 1.19 bits per heavy atom. The van der Waals surface area contributed by atoms with Crippen molar-refractivity contribution in [2.24, 2.45) is 5.92 Å².